The van der Waals surface area contributed by atoms with E-state index in [0.717, 1.165) is 26.1 Å². The zero-order valence-electron chi connectivity index (χ0n) is 10.9. The van der Waals surface area contributed by atoms with Crippen LogP contribution in [-0.2, 0) is 11.3 Å². The lowest BCUT2D eigenvalue weighted by atomic mass is 10.2. The molecule has 1 aliphatic rings. The van der Waals surface area contributed by atoms with Crippen molar-refractivity contribution in [2.75, 3.05) is 26.7 Å². The van der Waals surface area contributed by atoms with Gasteiger partial charge in [0.1, 0.15) is 0 Å². The van der Waals surface area contributed by atoms with Crippen molar-refractivity contribution in [1.82, 2.24) is 15.5 Å². The van der Waals surface area contributed by atoms with E-state index in [1.54, 1.807) is 7.05 Å². The van der Waals surface area contributed by atoms with Crippen LogP contribution in [0.4, 0.5) is 0 Å². The predicted molar refractivity (Wildman–Crippen MR) is 72.2 cm³/mol. The lowest BCUT2D eigenvalue weighted by Gasteiger charge is -2.16. The number of rotatable bonds is 5. The van der Waals surface area contributed by atoms with Crippen LogP contribution in [0.1, 0.15) is 12.0 Å². The third-order valence-corrected chi connectivity index (χ3v) is 3.22. The molecular formula is C14H21N3O. The second kappa shape index (κ2) is 6.52. The molecule has 1 aromatic carbocycles. The van der Waals surface area contributed by atoms with Crippen LogP contribution >= 0.6 is 0 Å². The van der Waals surface area contributed by atoms with E-state index in [1.165, 1.54) is 5.56 Å². The smallest absolute Gasteiger partial charge is 0.234 e. The molecule has 1 aromatic rings. The molecule has 1 saturated heterocycles. The number of benzene rings is 1. The first-order valence-corrected chi connectivity index (χ1v) is 6.48. The van der Waals surface area contributed by atoms with Gasteiger partial charge < -0.3 is 10.6 Å². The molecule has 98 valence electrons. The van der Waals surface area contributed by atoms with Crippen molar-refractivity contribution in [2.45, 2.75) is 19.0 Å². The predicted octanol–water partition coefficient (Wildman–Crippen LogP) is 0.597. The summed E-state index contributed by atoms with van der Waals surface area (Å²) in [6, 6.07) is 10.8. The highest BCUT2D eigenvalue weighted by Gasteiger charge is 2.23. The SMILES string of the molecule is CNCC(=O)NC1CCN(Cc2ccccc2)C1. The summed E-state index contributed by atoms with van der Waals surface area (Å²) in [6.07, 6.45) is 1.04. The second-order valence-electron chi connectivity index (χ2n) is 4.80. The van der Waals surface area contributed by atoms with Crippen LogP contribution in [0.2, 0.25) is 0 Å². The van der Waals surface area contributed by atoms with Crippen molar-refractivity contribution in [3.63, 3.8) is 0 Å². The lowest BCUT2D eigenvalue weighted by molar-refractivity contribution is -0.120. The van der Waals surface area contributed by atoms with Gasteiger partial charge in [-0.3, -0.25) is 9.69 Å². The van der Waals surface area contributed by atoms with E-state index in [0.29, 0.717) is 12.6 Å². The summed E-state index contributed by atoms with van der Waals surface area (Å²) >= 11 is 0. The van der Waals surface area contributed by atoms with Crippen molar-refractivity contribution in [2.24, 2.45) is 0 Å². The van der Waals surface area contributed by atoms with Gasteiger partial charge in [-0.25, -0.2) is 0 Å². The normalized spacial score (nSPS) is 19.9. The Morgan fingerprint density at radius 3 is 2.89 bits per heavy atom. The third-order valence-electron chi connectivity index (χ3n) is 3.22. The maximum absolute atomic E-state index is 11.5. The van der Waals surface area contributed by atoms with Crippen LogP contribution < -0.4 is 10.6 Å². The summed E-state index contributed by atoms with van der Waals surface area (Å²) in [5.74, 6) is 0.0871. The van der Waals surface area contributed by atoms with E-state index in [9.17, 15) is 4.79 Å². The lowest BCUT2D eigenvalue weighted by Crippen LogP contribution is -2.41. The number of nitrogens with one attached hydrogen (secondary N) is 2. The molecule has 1 unspecified atom stereocenters. The summed E-state index contributed by atoms with van der Waals surface area (Å²) < 4.78 is 0. The molecule has 4 nitrogen and oxygen atoms in total. The molecule has 1 amide bonds. The zero-order valence-corrected chi connectivity index (χ0v) is 10.9. The van der Waals surface area contributed by atoms with Gasteiger partial charge in [0, 0.05) is 25.7 Å². The molecule has 0 spiro atoms. The summed E-state index contributed by atoms with van der Waals surface area (Å²) in [5, 5.41) is 5.92. The number of likely N-dealkylation sites (tertiary alicyclic amines) is 1. The van der Waals surface area contributed by atoms with Gasteiger partial charge in [0.15, 0.2) is 0 Å². The number of nitrogens with zero attached hydrogens (tertiary/aromatic N) is 1. The van der Waals surface area contributed by atoms with Crippen LogP contribution in [0.5, 0.6) is 0 Å². The van der Waals surface area contributed by atoms with Crippen molar-refractivity contribution < 1.29 is 4.79 Å². The van der Waals surface area contributed by atoms with Gasteiger partial charge in [-0.1, -0.05) is 30.3 Å². The standard InChI is InChI=1S/C14H21N3O/c1-15-9-14(18)16-13-7-8-17(11-13)10-12-5-3-2-4-6-12/h2-6,13,15H,7-11H2,1H3,(H,16,18). The van der Waals surface area contributed by atoms with Crippen LogP contribution in [0, 0.1) is 0 Å². The average Bonchev–Trinajstić information content (AvgIpc) is 2.78. The number of carbonyl (C=O) groups excluding carboxylic acids is 1. The van der Waals surface area contributed by atoms with Crippen molar-refractivity contribution in [3.8, 4) is 0 Å². The van der Waals surface area contributed by atoms with E-state index in [1.807, 2.05) is 6.07 Å². The Labute approximate surface area is 108 Å². The quantitative estimate of drug-likeness (QED) is 0.801. The number of hydrogen-bond donors (Lipinski definition) is 2. The number of hydrogen-bond acceptors (Lipinski definition) is 3. The van der Waals surface area contributed by atoms with Crippen molar-refractivity contribution >= 4 is 5.91 Å². The van der Waals surface area contributed by atoms with E-state index >= 15 is 0 Å². The molecule has 0 aromatic heterocycles. The van der Waals surface area contributed by atoms with E-state index in [4.69, 9.17) is 0 Å². The van der Waals surface area contributed by atoms with Gasteiger partial charge in [-0.15, -0.1) is 0 Å². The van der Waals surface area contributed by atoms with Gasteiger partial charge in [-0.05, 0) is 19.0 Å². The zero-order chi connectivity index (χ0) is 12.8. The summed E-state index contributed by atoms with van der Waals surface area (Å²) in [5.41, 5.74) is 1.33. The Bertz CT molecular complexity index is 380. The topological polar surface area (TPSA) is 44.4 Å². The first-order chi connectivity index (χ1) is 8.78. The van der Waals surface area contributed by atoms with Crippen molar-refractivity contribution in [3.05, 3.63) is 35.9 Å². The fraction of sp³-hybridized carbons (Fsp3) is 0.500. The monoisotopic (exact) mass is 247 g/mol. The second-order valence-corrected chi connectivity index (χ2v) is 4.80. The molecule has 18 heavy (non-hydrogen) atoms. The molecule has 1 fully saturated rings. The van der Waals surface area contributed by atoms with Gasteiger partial charge in [-0.2, -0.15) is 0 Å². The van der Waals surface area contributed by atoms with E-state index in [2.05, 4.69) is 39.8 Å². The summed E-state index contributed by atoms with van der Waals surface area (Å²) in [4.78, 5) is 13.9. The van der Waals surface area contributed by atoms with Gasteiger partial charge in [0.2, 0.25) is 5.91 Å². The van der Waals surface area contributed by atoms with Crippen LogP contribution in [0.3, 0.4) is 0 Å². The molecule has 0 bridgehead atoms. The van der Waals surface area contributed by atoms with Crippen molar-refractivity contribution in [1.29, 1.82) is 0 Å². The highest BCUT2D eigenvalue weighted by atomic mass is 16.2. The highest BCUT2D eigenvalue weighted by Crippen LogP contribution is 2.13. The Balaban J connectivity index is 1.76. The van der Waals surface area contributed by atoms with Gasteiger partial charge >= 0.3 is 0 Å². The van der Waals surface area contributed by atoms with Crippen LogP contribution in [0.15, 0.2) is 30.3 Å². The van der Waals surface area contributed by atoms with E-state index < -0.39 is 0 Å². The molecule has 0 aliphatic carbocycles. The fourth-order valence-corrected chi connectivity index (χ4v) is 2.37. The first-order valence-electron chi connectivity index (χ1n) is 6.48. The summed E-state index contributed by atoms with van der Waals surface area (Å²) in [6.45, 7) is 3.37. The molecular weight excluding hydrogens is 226 g/mol. The molecule has 4 heteroatoms. The number of likely N-dealkylation sites (N-methyl/N-ethyl adjacent to an activating group) is 1. The Morgan fingerprint density at radius 2 is 2.17 bits per heavy atom. The Kier molecular flexibility index (Phi) is 4.73. The van der Waals surface area contributed by atoms with E-state index in [-0.39, 0.29) is 5.91 Å². The van der Waals surface area contributed by atoms with Crippen LogP contribution in [0.25, 0.3) is 0 Å². The third kappa shape index (κ3) is 3.82. The minimum absolute atomic E-state index is 0.0871. The van der Waals surface area contributed by atoms with Gasteiger partial charge in [0.25, 0.3) is 0 Å². The Hall–Kier alpha value is -1.39. The highest BCUT2D eigenvalue weighted by molar-refractivity contribution is 5.78. The molecule has 1 atom stereocenters. The maximum Gasteiger partial charge on any atom is 0.234 e. The maximum atomic E-state index is 11.5. The molecule has 2 N–H and O–H groups in total. The minimum atomic E-state index is 0.0871. The molecule has 2 rings (SSSR count). The molecule has 1 aliphatic heterocycles. The molecule has 0 radical (unpaired) electrons. The summed E-state index contributed by atoms with van der Waals surface area (Å²) in [7, 11) is 1.79. The number of amides is 1. The largest absolute Gasteiger partial charge is 0.351 e. The Morgan fingerprint density at radius 1 is 1.39 bits per heavy atom. The fourth-order valence-electron chi connectivity index (χ4n) is 2.37. The van der Waals surface area contributed by atoms with Crippen LogP contribution in [-0.4, -0.2) is 43.5 Å². The minimum Gasteiger partial charge on any atom is -0.351 e. The molecule has 1 heterocycles. The van der Waals surface area contributed by atoms with Gasteiger partial charge in [0.05, 0.1) is 6.54 Å². The average molecular weight is 247 g/mol. The molecule has 0 saturated carbocycles. The first kappa shape index (κ1) is 13.1. The number of carbonyl (C=O) groups is 1.